The van der Waals surface area contributed by atoms with E-state index in [1.807, 2.05) is 25.1 Å². The topological polar surface area (TPSA) is 47.6 Å². The molecule has 0 heterocycles. The van der Waals surface area contributed by atoms with Crippen molar-refractivity contribution in [3.8, 4) is 11.5 Å². The monoisotopic (exact) mass is 349 g/mol. The Morgan fingerprint density at radius 3 is 2.52 bits per heavy atom. The number of carbonyl (C=O) groups is 1. The lowest BCUT2D eigenvalue weighted by Crippen LogP contribution is -2.13. The Kier molecular flexibility index (Phi) is 4.85. The number of benzene rings is 2. The van der Waals surface area contributed by atoms with E-state index in [1.165, 1.54) is 14.2 Å². The van der Waals surface area contributed by atoms with Gasteiger partial charge in [-0.05, 0) is 36.8 Å². The van der Waals surface area contributed by atoms with Crippen LogP contribution in [0, 0.1) is 6.92 Å². The van der Waals surface area contributed by atoms with Crippen molar-refractivity contribution in [2.45, 2.75) is 6.92 Å². The summed E-state index contributed by atoms with van der Waals surface area (Å²) in [6.07, 6.45) is 0. The molecule has 0 aromatic heterocycles. The number of methoxy groups -OCH3 is 2. The fourth-order valence-corrected chi connectivity index (χ4v) is 2.31. The number of nitrogens with one attached hydrogen (secondary N) is 1. The van der Waals surface area contributed by atoms with E-state index < -0.39 is 0 Å². The Labute approximate surface area is 132 Å². The van der Waals surface area contributed by atoms with E-state index in [0.29, 0.717) is 22.7 Å². The number of para-hydroxylation sites is 1. The van der Waals surface area contributed by atoms with Crippen molar-refractivity contribution in [1.29, 1.82) is 0 Å². The molecule has 0 radical (unpaired) electrons. The van der Waals surface area contributed by atoms with Crippen molar-refractivity contribution < 1.29 is 14.3 Å². The predicted molar refractivity (Wildman–Crippen MR) is 86.4 cm³/mol. The smallest absolute Gasteiger partial charge is 0.259 e. The Morgan fingerprint density at radius 1 is 1.14 bits per heavy atom. The van der Waals surface area contributed by atoms with Crippen LogP contribution in [-0.2, 0) is 0 Å². The molecule has 4 nitrogen and oxygen atoms in total. The Hall–Kier alpha value is -2.01. The molecule has 110 valence electrons. The molecule has 2 rings (SSSR count). The van der Waals surface area contributed by atoms with Gasteiger partial charge in [0.2, 0.25) is 0 Å². The summed E-state index contributed by atoms with van der Waals surface area (Å²) in [6.45, 7) is 1.99. The minimum absolute atomic E-state index is 0.249. The van der Waals surface area contributed by atoms with E-state index in [1.54, 1.807) is 18.2 Å². The first-order valence-corrected chi connectivity index (χ1v) is 7.14. The summed E-state index contributed by atoms with van der Waals surface area (Å²) in [5.74, 6) is 0.695. The van der Waals surface area contributed by atoms with Crippen molar-refractivity contribution in [3.63, 3.8) is 0 Å². The first kappa shape index (κ1) is 15.4. The fourth-order valence-electron chi connectivity index (χ4n) is 1.93. The lowest BCUT2D eigenvalue weighted by molar-refractivity contribution is 0.102. The molecule has 0 saturated carbocycles. The summed E-state index contributed by atoms with van der Waals surface area (Å²) in [7, 11) is 3.05. The van der Waals surface area contributed by atoms with Gasteiger partial charge in [0.05, 0.1) is 19.8 Å². The largest absolute Gasteiger partial charge is 0.493 e. The molecule has 1 amide bonds. The van der Waals surface area contributed by atoms with Gasteiger partial charge in [-0.1, -0.05) is 28.1 Å². The van der Waals surface area contributed by atoms with E-state index in [9.17, 15) is 4.79 Å². The number of hydrogen-bond acceptors (Lipinski definition) is 3. The molecule has 21 heavy (non-hydrogen) atoms. The molecule has 2 aromatic carbocycles. The number of carbonyl (C=O) groups excluding carboxylic acids is 1. The fraction of sp³-hybridized carbons (Fsp3) is 0.188. The Bertz CT molecular complexity index is 671. The van der Waals surface area contributed by atoms with Gasteiger partial charge in [-0.15, -0.1) is 0 Å². The van der Waals surface area contributed by atoms with Crippen LogP contribution in [0.2, 0.25) is 0 Å². The molecule has 5 heteroatoms. The maximum absolute atomic E-state index is 12.4. The molecule has 0 saturated heterocycles. The minimum atomic E-state index is -0.249. The van der Waals surface area contributed by atoms with Crippen LogP contribution < -0.4 is 14.8 Å². The lowest BCUT2D eigenvalue weighted by atomic mass is 10.1. The van der Waals surface area contributed by atoms with Crippen molar-refractivity contribution in [1.82, 2.24) is 0 Å². The zero-order valence-corrected chi connectivity index (χ0v) is 13.7. The quantitative estimate of drug-likeness (QED) is 0.906. The first-order chi connectivity index (χ1) is 10.1. The minimum Gasteiger partial charge on any atom is -0.493 e. The highest BCUT2D eigenvalue weighted by Crippen LogP contribution is 2.31. The van der Waals surface area contributed by atoms with Gasteiger partial charge < -0.3 is 14.8 Å². The highest BCUT2D eigenvalue weighted by molar-refractivity contribution is 9.10. The van der Waals surface area contributed by atoms with Gasteiger partial charge >= 0.3 is 0 Å². The molecule has 1 N–H and O–H groups in total. The average molecular weight is 350 g/mol. The highest BCUT2D eigenvalue weighted by atomic mass is 79.9. The number of ether oxygens (including phenoxy) is 2. The van der Waals surface area contributed by atoms with E-state index in [4.69, 9.17) is 9.47 Å². The molecule has 0 aliphatic carbocycles. The zero-order chi connectivity index (χ0) is 15.4. The van der Waals surface area contributed by atoms with Gasteiger partial charge in [0.25, 0.3) is 5.91 Å². The summed E-state index contributed by atoms with van der Waals surface area (Å²) in [4.78, 5) is 12.4. The number of hydrogen-bond donors (Lipinski definition) is 1. The molecular formula is C16H16BrNO3. The van der Waals surface area contributed by atoms with Crippen LogP contribution >= 0.6 is 15.9 Å². The van der Waals surface area contributed by atoms with Crippen LogP contribution in [0.5, 0.6) is 11.5 Å². The predicted octanol–water partition coefficient (Wildman–Crippen LogP) is 4.03. The van der Waals surface area contributed by atoms with Gasteiger partial charge in [-0.25, -0.2) is 0 Å². The van der Waals surface area contributed by atoms with Crippen LogP contribution in [0.25, 0.3) is 0 Å². The van der Waals surface area contributed by atoms with Crippen LogP contribution in [-0.4, -0.2) is 20.1 Å². The third-order valence-electron chi connectivity index (χ3n) is 3.08. The molecule has 0 aliphatic rings. The van der Waals surface area contributed by atoms with E-state index in [-0.39, 0.29) is 5.91 Å². The third kappa shape index (κ3) is 3.36. The average Bonchev–Trinajstić information content (AvgIpc) is 2.49. The number of halogens is 1. The summed E-state index contributed by atoms with van der Waals surface area (Å²) in [5.41, 5.74) is 2.24. The van der Waals surface area contributed by atoms with Crippen molar-refractivity contribution >= 4 is 27.5 Å². The molecule has 0 spiro atoms. The normalized spacial score (nSPS) is 10.1. The maximum atomic E-state index is 12.4. The zero-order valence-electron chi connectivity index (χ0n) is 12.1. The van der Waals surface area contributed by atoms with Gasteiger partial charge in [0.1, 0.15) is 0 Å². The summed E-state index contributed by atoms with van der Waals surface area (Å²) in [5, 5.41) is 2.85. The number of rotatable bonds is 4. The third-order valence-corrected chi connectivity index (χ3v) is 3.93. The molecule has 0 fully saturated rings. The van der Waals surface area contributed by atoms with E-state index >= 15 is 0 Å². The summed E-state index contributed by atoms with van der Waals surface area (Å²) >= 11 is 3.45. The molecule has 0 bridgehead atoms. The summed E-state index contributed by atoms with van der Waals surface area (Å²) < 4.78 is 11.4. The second-order valence-electron chi connectivity index (χ2n) is 4.46. The van der Waals surface area contributed by atoms with Crippen molar-refractivity contribution in [2.24, 2.45) is 0 Å². The Balaban J connectivity index is 2.30. The van der Waals surface area contributed by atoms with Crippen molar-refractivity contribution in [3.05, 3.63) is 52.0 Å². The lowest BCUT2D eigenvalue weighted by Gasteiger charge is -2.13. The molecule has 2 aromatic rings. The van der Waals surface area contributed by atoms with Crippen molar-refractivity contribution in [2.75, 3.05) is 19.5 Å². The van der Waals surface area contributed by atoms with Crippen LogP contribution in [0.3, 0.4) is 0 Å². The first-order valence-electron chi connectivity index (χ1n) is 6.35. The number of aryl methyl sites for hydroxylation is 1. The second-order valence-corrected chi connectivity index (χ2v) is 5.31. The molecule has 0 unspecified atom stereocenters. The summed E-state index contributed by atoms with van der Waals surface area (Å²) in [6, 6.07) is 10.8. The van der Waals surface area contributed by atoms with Gasteiger partial charge in [-0.2, -0.15) is 0 Å². The van der Waals surface area contributed by atoms with E-state index in [0.717, 1.165) is 10.0 Å². The molecule has 0 aliphatic heterocycles. The Morgan fingerprint density at radius 2 is 1.90 bits per heavy atom. The SMILES string of the molecule is COc1cccc(C(=O)Nc2ccc(C)c(Br)c2)c1OC. The number of anilines is 1. The highest BCUT2D eigenvalue weighted by Gasteiger charge is 2.16. The molecule has 0 atom stereocenters. The standard InChI is InChI=1S/C16H16BrNO3/c1-10-7-8-11(9-13(10)17)18-16(19)12-5-4-6-14(20-2)15(12)21-3/h4-9H,1-3H3,(H,18,19). The van der Waals surface area contributed by atoms with E-state index in [2.05, 4.69) is 21.2 Å². The second kappa shape index (κ2) is 6.63. The van der Waals surface area contributed by atoms with Gasteiger partial charge in [0.15, 0.2) is 11.5 Å². The van der Waals surface area contributed by atoms with Gasteiger partial charge in [-0.3, -0.25) is 4.79 Å². The number of amides is 1. The maximum Gasteiger partial charge on any atom is 0.259 e. The van der Waals surface area contributed by atoms with Gasteiger partial charge in [0, 0.05) is 10.2 Å². The van der Waals surface area contributed by atoms with Crippen LogP contribution in [0.1, 0.15) is 15.9 Å². The molecular weight excluding hydrogens is 334 g/mol. The van der Waals surface area contributed by atoms with Crippen LogP contribution in [0.15, 0.2) is 40.9 Å². The van der Waals surface area contributed by atoms with Crippen LogP contribution in [0.4, 0.5) is 5.69 Å².